The molecule has 1 aromatic heterocycles. The number of benzene rings is 1. The van der Waals surface area contributed by atoms with E-state index in [4.69, 9.17) is 10.7 Å². The number of aromatic nitrogens is 1. The number of fused-ring (bicyclic) bond motifs is 1. The summed E-state index contributed by atoms with van der Waals surface area (Å²) in [5.41, 5.74) is 2.32. The van der Waals surface area contributed by atoms with Gasteiger partial charge in [0.1, 0.15) is 0 Å². The highest BCUT2D eigenvalue weighted by molar-refractivity contribution is 9.10. The molecule has 1 aromatic carbocycles. The predicted molar refractivity (Wildman–Crippen MR) is 69.0 cm³/mol. The molecule has 3 nitrogen and oxygen atoms in total. The van der Waals surface area contributed by atoms with E-state index < -0.39 is 0 Å². The summed E-state index contributed by atoms with van der Waals surface area (Å²) < 4.78 is 3.33. The molecule has 0 radical (unpaired) electrons. The van der Waals surface area contributed by atoms with E-state index in [1.165, 1.54) is 10.9 Å². The van der Waals surface area contributed by atoms with Gasteiger partial charge >= 0.3 is 0 Å². The third kappa shape index (κ3) is 1.88. The second-order valence-electron chi connectivity index (χ2n) is 4.10. The van der Waals surface area contributed by atoms with E-state index in [9.17, 15) is 0 Å². The standard InChI is InChI=1S/C12H15BrN2O/c1-8(2)15-6-9(7-16-14)10-4-3-5-11(13)12(10)15/h3-6,8H,7,14H2,1-2H3. The highest BCUT2D eigenvalue weighted by Crippen LogP contribution is 2.30. The first-order valence-corrected chi connectivity index (χ1v) is 6.04. The van der Waals surface area contributed by atoms with Crippen molar-refractivity contribution < 1.29 is 4.84 Å². The second kappa shape index (κ2) is 4.57. The van der Waals surface area contributed by atoms with Crippen LogP contribution in [0.25, 0.3) is 10.9 Å². The van der Waals surface area contributed by atoms with Gasteiger partial charge in [-0.15, -0.1) is 0 Å². The zero-order valence-electron chi connectivity index (χ0n) is 9.40. The highest BCUT2D eigenvalue weighted by Gasteiger charge is 2.12. The summed E-state index contributed by atoms with van der Waals surface area (Å²) in [6.45, 7) is 4.75. The molecule has 16 heavy (non-hydrogen) atoms. The molecule has 2 aromatic rings. The van der Waals surface area contributed by atoms with Gasteiger partial charge in [0.05, 0.1) is 12.1 Å². The van der Waals surface area contributed by atoms with Crippen molar-refractivity contribution in [1.82, 2.24) is 4.57 Å². The average Bonchev–Trinajstić information content (AvgIpc) is 2.60. The summed E-state index contributed by atoms with van der Waals surface area (Å²) >= 11 is 3.59. The molecule has 0 aliphatic rings. The molecule has 0 fully saturated rings. The van der Waals surface area contributed by atoms with Crippen LogP contribution in [0.5, 0.6) is 0 Å². The molecule has 2 N–H and O–H groups in total. The molecule has 1 heterocycles. The molecule has 4 heteroatoms. The first-order valence-electron chi connectivity index (χ1n) is 5.24. The molecule has 0 aliphatic carbocycles. The van der Waals surface area contributed by atoms with Crippen LogP contribution in [0, 0.1) is 0 Å². The van der Waals surface area contributed by atoms with Crippen LogP contribution in [0.2, 0.25) is 0 Å². The number of rotatable bonds is 3. The minimum absolute atomic E-state index is 0.410. The topological polar surface area (TPSA) is 40.2 Å². The van der Waals surface area contributed by atoms with Crippen molar-refractivity contribution in [2.75, 3.05) is 0 Å². The van der Waals surface area contributed by atoms with Crippen LogP contribution in [-0.4, -0.2) is 4.57 Å². The minimum Gasteiger partial charge on any atom is -0.344 e. The van der Waals surface area contributed by atoms with Crippen molar-refractivity contribution in [2.45, 2.75) is 26.5 Å². The van der Waals surface area contributed by atoms with Crippen LogP contribution in [-0.2, 0) is 11.4 Å². The fraction of sp³-hybridized carbons (Fsp3) is 0.333. The predicted octanol–water partition coefficient (Wildman–Crippen LogP) is 3.38. The number of nitrogens with zero attached hydrogens (tertiary/aromatic N) is 1. The van der Waals surface area contributed by atoms with E-state index >= 15 is 0 Å². The van der Waals surface area contributed by atoms with Crippen LogP contribution in [0.1, 0.15) is 25.5 Å². The Kier molecular flexibility index (Phi) is 3.33. The van der Waals surface area contributed by atoms with E-state index in [2.05, 4.69) is 46.6 Å². The Bertz CT molecular complexity index is 505. The molecule has 0 atom stereocenters. The lowest BCUT2D eigenvalue weighted by Crippen LogP contribution is -2.00. The number of halogens is 1. The van der Waals surface area contributed by atoms with E-state index in [1.807, 2.05) is 12.1 Å². The van der Waals surface area contributed by atoms with Crippen molar-refractivity contribution in [3.8, 4) is 0 Å². The molecule has 86 valence electrons. The van der Waals surface area contributed by atoms with Crippen LogP contribution >= 0.6 is 15.9 Å². The van der Waals surface area contributed by atoms with Crippen LogP contribution in [0.4, 0.5) is 0 Å². The maximum atomic E-state index is 5.15. The molecular formula is C12H15BrN2O. The van der Waals surface area contributed by atoms with Gasteiger partial charge in [-0.1, -0.05) is 12.1 Å². The van der Waals surface area contributed by atoms with Crippen molar-refractivity contribution in [2.24, 2.45) is 5.90 Å². The lowest BCUT2D eigenvalue weighted by Gasteiger charge is -2.09. The summed E-state index contributed by atoms with van der Waals surface area (Å²) in [6, 6.07) is 6.58. The molecule has 0 amide bonds. The highest BCUT2D eigenvalue weighted by atomic mass is 79.9. The Morgan fingerprint density at radius 2 is 2.19 bits per heavy atom. The summed E-state index contributed by atoms with van der Waals surface area (Å²) in [6.07, 6.45) is 2.10. The van der Waals surface area contributed by atoms with Crippen molar-refractivity contribution >= 4 is 26.8 Å². The number of hydrogen-bond donors (Lipinski definition) is 1. The molecular weight excluding hydrogens is 268 g/mol. The van der Waals surface area contributed by atoms with E-state index in [1.54, 1.807) is 0 Å². The molecule has 0 saturated heterocycles. The normalized spacial score (nSPS) is 11.6. The smallest absolute Gasteiger partial charge is 0.0950 e. The maximum absolute atomic E-state index is 5.15. The average molecular weight is 283 g/mol. The Morgan fingerprint density at radius 1 is 1.44 bits per heavy atom. The van der Waals surface area contributed by atoms with Gasteiger partial charge in [-0.25, -0.2) is 5.90 Å². The number of nitrogens with two attached hydrogens (primary N) is 1. The second-order valence-corrected chi connectivity index (χ2v) is 4.96. The first kappa shape index (κ1) is 11.6. The number of para-hydroxylation sites is 1. The Hall–Kier alpha value is -0.840. The summed E-state index contributed by atoms with van der Waals surface area (Å²) in [7, 11) is 0. The van der Waals surface area contributed by atoms with E-state index in [0.29, 0.717) is 12.6 Å². The monoisotopic (exact) mass is 282 g/mol. The largest absolute Gasteiger partial charge is 0.344 e. The van der Waals surface area contributed by atoms with Crippen LogP contribution < -0.4 is 5.90 Å². The van der Waals surface area contributed by atoms with Gasteiger partial charge in [0.2, 0.25) is 0 Å². The zero-order valence-corrected chi connectivity index (χ0v) is 11.0. The molecule has 0 saturated carbocycles. The summed E-state index contributed by atoms with van der Waals surface area (Å²) in [4.78, 5) is 4.74. The maximum Gasteiger partial charge on any atom is 0.0950 e. The first-order chi connectivity index (χ1) is 7.65. The van der Waals surface area contributed by atoms with Gasteiger partial charge in [-0.3, -0.25) is 4.84 Å². The minimum atomic E-state index is 0.410. The van der Waals surface area contributed by atoms with E-state index in [0.717, 1.165) is 10.0 Å². The van der Waals surface area contributed by atoms with Crippen LogP contribution in [0.15, 0.2) is 28.9 Å². The van der Waals surface area contributed by atoms with E-state index in [-0.39, 0.29) is 0 Å². The van der Waals surface area contributed by atoms with Gasteiger partial charge in [-0.05, 0) is 35.8 Å². The fourth-order valence-corrected chi connectivity index (χ4v) is 2.52. The van der Waals surface area contributed by atoms with Crippen LogP contribution in [0.3, 0.4) is 0 Å². The fourth-order valence-electron chi connectivity index (χ4n) is 1.95. The van der Waals surface area contributed by atoms with Gasteiger partial charge in [0.15, 0.2) is 0 Å². The quantitative estimate of drug-likeness (QED) is 0.877. The molecule has 0 bridgehead atoms. The van der Waals surface area contributed by atoms with Gasteiger partial charge in [-0.2, -0.15) is 0 Å². The lowest BCUT2D eigenvalue weighted by molar-refractivity contribution is 0.125. The van der Waals surface area contributed by atoms with Crippen molar-refractivity contribution in [3.05, 3.63) is 34.4 Å². The SMILES string of the molecule is CC(C)n1cc(CON)c2cccc(Br)c21. The van der Waals surface area contributed by atoms with Gasteiger partial charge in [0, 0.05) is 27.7 Å². The Labute approximate surface area is 103 Å². The summed E-state index contributed by atoms with van der Waals surface area (Å²) in [5, 5.41) is 1.19. The Balaban J connectivity index is 2.71. The number of hydrogen-bond acceptors (Lipinski definition) is 2. The van der Waals surface area contributed by atoms with Gasteiger partial charge in [0.25, 0.3) is 0 Å². The third-order valence-electron chi connectivity index (χ3n) is 2.68. The molecule has 2 rings (SSSR count). The lowest BCUT2D eigenvalue weighted by atomic mass is 10.2. The molecule has 0 unspecified atom stereocenters. The third-order valence-corrected chi connectivity index (χ3v) is 3.32. The summed E-state index contributed by atoms with van der Waals surface area (Å²) in [5.74, 6) is 5.15. The molecule has 0 aliphatic heterocycles. The zero-order chi connectivity index (χ0) is 11.7. The molecule has 0 spiro atoms. The Morgan fingerprint density at radius 3 is 2.81 bits per heavy atom. The van der Waals surface area contributed by atoms with Gasteiger partial charge < -0.3 is 4.57 Å². The van der Waals surface area contributed by atoms with Crippen molar-refractivity contribution in [1.29, 1.82) is 0 Å². The van der Waals surface area contributed by atoms with Crippen molar-refractivity contribution in [3.63, 3.8) is 0 Å².